The van der Waals surface area contributed by atoms with Gasteiger partial charge in [0.25, 0.3) is 0 Å². The van der Waals surface area contributed by atoms with Gasteiger partial charge in [-0.1, -0.05) is 53.4 Å². The van der Waals surface area contributed by atoms with Crippen molar-refractivity contribution < 1.29 is 9.47 Å². The van der Waals surface area contributed by atoms with Crippen molar-refractivity contribution in [2.75, 3.05) is 19.0 Å². The highest BCUT2D eigenvalue weighted by Crippen LogP contribution is 2.39. The highest BCUT2D eigenvalue weighted by Gasteiger charge is 2.16. The number of thioether (sulfide) groups is 2. The standard InChI is InChI=1S/C14H15ClN2O2S3/c1-2-20-13-16-17-14(22-13)21-8-9-6-10(15)12-11(7-9)18-4-3-5-19-12/h6-7H,2-5,8H2,1H3. The van der Waals surface area contributed by atoms with Crippen LogP contribution in [0.2, 0.25) is 5.02 Å². The summed E-state index contributed by atoms with van der Waals surface area (Å²) < 4.78 is 13.3. The van der Waals surface area contributed by atoms with Crippen molar-refractivity contribution in [2.45, 2.75) is 27.8 Å². The number of hydrogen-bond donors (Lipinski definition) is 0. The van der Waals surface area contributed by atoms with Gasteiger partial charge in [0.2, 0.25) is 0 Å². The lowest BCUT2D eigenvalue weighted by Crippen LogP contribution is -1.97. The molecule has 1 aromatic carbocycles. The molecule has 22 heavy (non-hydrogen) atoms. The molecule has 4 nitrogen and oxygen atoms in total. The predicted molar refractivity (Wildman–Crippen MR) is 92.9 cm³/mol. The van der Waals surface area contributed by atoms with E-state index in [-0.39, 0.29) is 0 Å². The molecule has 1 aliphatic heterocycles. The minimum absolute atomic E-state index is 0.606. The van der Waals surface area contributed by atoms with Crippen molar-refractivity contribution in [2.24, 2.45) is 0 Å². The molecule has 1 aromatic heterocycles. The van der Waals surface area contributed by atoms with Crippen LogP contribution in [0.5, 0.6) is 11.5 Å². The van der Waals surface area contributed by atoms with E-state index in [1.54, 1.807) is 34.9 Å². The first-order valence-corrected chi connectivity index (χ1v) is 10.1. The molecule has 0 bridgehead atoms. The molecule has 0 saturated carbocycles. The van der Waals surface area contributed by atoms with E-state index in [0.29, 0.717) is 24.0 Å². The first-order chi connectivity index (χ1) is 10.8. The summed E-state index contributed by atoms with van der Waals surface area (Å²) in [6.07, 6.45) is 0.873. The van der Waals surface area contributed by atoms with Gasteiger partial charge in [0, 0.05) is 12.2 Å². The van der Waals surface area contributed by atoms with E-state index in [2.05, 4.69) is 17.1 Å². The number of aromatic nitrogens is 2. The molecule has 0 N–H and O–H groups in total. The van der Waals surface area contributed by atoms with Gasteiger partial charge in [-0.15, -0.1) is 10.2 Å². The molecule has 118 valence electrons. The van der Waals surface area contributed by atoms with E-state index < -0.39 is 0 Å². The quantitative estimate of drug-likeness (QED) is 0.703. The molecule has 0 radical (unpaired) electrons. The van der Waals surface area contributed by atoms with Crippen LogP contribution in [0, 0.1) is 0 Å². The van der Waals surface area contributed by atoms with Crippen LogP contribution in [0.25, 0.3) is 0 Å². The molecule has 0 spiro atoms. The topological polar surface area (TPSA) is 44.2 Å². The second-order valence-electron chi connectivity index (χ2n) is 4.51. The molecule has 8 heteroatoms. The summed E-state index contributed by atoms with van der Waals surface area (Å²) in [6.45, 7) is 3.41. The van der Waals surface area contributed by atoms with E-state index >= 15 is 0 Å². The third-order valence-electron chi connectivity index (χ3n) is 2.88. The van der Waals surface area contributed by atoms with Gasteiger partial charge in [0.05, 0.1) is 18.2 Å². The lowest BCUT2D eigenvalue weighted by atomic mass is 10.2. The van der Waals surface area contributed by atoms with E-state index in [1.807, 2.05) is 12.1 Å². The van der Waals surface area contributed by atoms with Crippen molar-refractivity contribution in [3.63, 3.8) is 0 Å². The van der Waals surface area contributed by atoms with Crippen LogP contribution in [-0.4, -0.2) is 29.2 Å². The minimum Gasteiger partial charge on any atom is -0.489 e. The molecule has 2 aromatic rings. The van der Waals surface area contributed by atoms with Crippen molar-refractivity contribution in [3.8, 4) is 11.5 Å². The van der Waals surface area contributed by atoms with Gasteiger partial charge in [-0.3, -0.25) is 0 Å². The molecule has 0 atom stereocenters. The number of nitrogens with zero attached hydrogens (tertiary/aromatic N) is 2. The molecule has 3 rings (SSSR count). The van der Waals surface area contributed by atoms with E-state index in [4.69, 9.17) is 21.1 Å². The van der Waals surface area contributed by atoms with Crippen molar-refractivity contribution in [1.82, 2.24) is 10.2 Å². The van der Waals surface area contributed by atoms with Gasteiger partial charge in [0.1, 0.15) is 0 Å². The summed E-state index contributed by atoms with van der Waals surface area (Å²) >= 11 is 11.3. The SMILES string of the molecule is CCSc1nnc(SCc2cc(Cl)c3c(c2)OCCCO3)s1. The van der Waals surface area contributed by atoms with Crippen LogP contribution in [0.1, 0.15) is 18.9 Å². The Balaban J connectivity index is 1.69. The third-order valence-corrected chi connectivity index (χ3v) is 6.30. The zero-order chi connectivity index (χ0) is 15.4. The molecule has 0 unspecified atom stereocenters. The zero-order valence-corrected chi connectivity index (χ0v) is 15.2. The number of hydrogen-bond acceptors (Lipinski definition) is 7. The molecule has 0 amide bonds. The average Bonchev–Trinajstić information content (AvgIpc) is 2.81. The highest BCUT2D eigenvalue weighted by atomic mass is 35.5. The van der Waals surface area contributed by atoms with Gasteiger partial charge in [0.15, 0.2) is 20.2 Å². The summed E-state index contributed by atoms with van der Waals surface area (Å²) in [4.78, 5) is 0. The van der Waals surface area contributed by atoms with Crippen LogP contribution in [0.3, 0.4) is 0 Å². The first kappa shape index (κ1) is 16.2. The lowest BCUT2D eigenvalue weighted by Gasteiger charge is -2.11. The number of halogens is 1. The van der Waals surface area contributed by atoms with Gasteiger partial charge in [-0.25, -0.2) is 0 Å². The van der Waals surface area contributed by atoms with Crippen LogP contribution >= 0.6 is 46.5 Å². The number of fused-ring (bicyclic) bond motifs is 1. The van der Waals surface area contributed by atoms with Crippen molar-refractivity contribution in [1.29, 1.82) is 0 Å². The molecule has 0 saturated heterocycles. The minimum atomic E-state index is 0.606. The molecular weight excluding hydrogens is 360 g/mol. The fourth-order valence-electron chi connectivity index (χ4n) is 1.95. The second-order valence-corrected chi connectivity index (χ2v) is 8.63. The molecule has 0 aliphatic carbocycles. The van der Waals surface area contributed by atoms with Crippen LogP contribution in [0.4, 0.5) is 0 Å². The summed E-state index contributed by atoms with van der Waals surface area (Å²) in [5, 5.41) is 8.96. The Bertz CT molecular complexity index is 651. The second kappa shape index (κ2) is 7.77. The molecule has 1 aliphatic rings. The predicted octanol–water partition coefficient (Wildman–Crippen LogP) is 4.76. The summed E-state index contributed by atoms with van der Waals surface area (Å²) in [5.74, 6) is 3.18. The fourth-order valence-corrected chi connectivity index (χ4v) is 5.08. The van der Waals surface area contributed by atoms with E-state index in [9.17, 15) is 0 Å². The van der Waals surface area contributed by atoms with E-state index in [1.165, 1.54) is 0 Å². The maximum Gasteiger partial charge on any atom is 0.179 e. The van der Waals surface area contributed by atoms with Crippen molar-refractivity contribution in [3.05, 3.63) is 22.7 Å². The number of ether oxygens (including phenoxy) is 2. The Morgan fingerprint density at radius 2 is 1.95 bits per heavy atom. The normalized spacial score (nSPS) is 13.9. The van der Waals surface area contributed by atoms with Gasteiger partial charge >= 0.3 is 0 Å². The van der Waals surface area contributed by atoms with Crippen molar-refractivity contribution >= 4 is 46.5 Å². The fraction of sp³-hybridized carbons (Fsp3) is 0.429. The molecular formula is C14H15ClN2O2S3. The monoisotopic (exact) mass is 374 g/mol. The summed E-state index contributed by atoms with van der Waals surface area (Å²) in [7, 11) is 0. The van der Waals surface area contributed by atoms with Gasteiger partial charge in [-0.2, -0.15) is 0 Å². The Hall–Kier alpha value is -0.630. The van der Waals surface area contributed by atoms with Gasteiger partial charge in [-0.05, 0) is 23.4 Å². The third kappa shape index (κ3) is 4.01. The zero-order valence-electron chi connectivity index (χ0n) is 12.0. The van der Waals surface area contributed by atoms with Crippen LogP contribution in [0.15, 0.2) is 20.8 Å². The highest BCUT2D eigenvalue weighted by molar-refractivity contribution is 8.02. The smallest absolute Gasteiger partial charge is 0.179 e. The Kier molecular flexibility index (Phi) is 5.73. The van der Waals surface area contributed by atoms with Crippen LogP contribution < -0.4 is 9.47 Å². The Morgan fingerprint density at radius 3 is 2.77 bits per heavy atom. The number of benzene rings is 1. The molecule has 0 fully saturated rings. The summed E-state index contributed by atoms with van der Waals surface area (Å²) in [6, 6.07) is 3.94. The molecule has 2 heterocycles. The lowest BCUT2D eigenvalue weighted by molar-refractivity contribution is 0.297. The largest absolute Gasteiger partial charge is 0.489 e. The Morgan fingerprint density at radius 1 is 1.18 bits per heavy atom. The average molecular weight is 375 g/mol. The number of rotatable bonds is 5. The maximum absolute atomic E-state index is 6.30. The summed E-state index contributed by atoms with van der Waals surface area (Å²) in [5.41, 5.74) is 1.10. The first-order valence-electron chi connectivity index (χ1n) is 6.93. The van der Waals surface area contributed by atoms with Crippen LogP contribution in [-0.2, 0) is 5.75 Å². The van der Waals surface area contributed by atoms with Gasteiger partial charge < -0.3 is 9.47 Å². The van der Waals surface area contributed by atoms with E-state index in [0.717, 1.165) is 37.9 Å². The maximum atomic E-state index is 6.30. The Labute approximate surface area is 146 Å².